The standard InChI is InChI=1S/C23H22N4O2S/c1-2-27-19-7-4-3-6-18(19)26-21(27)15-25-22(28)17-11-9-16(10-12-17)14-24-23(29)20-8-5-13-30-20/h3-13H,2,14-15H2,1H3,(H,24,29)(H,25,28). The molecule has 0 aliphatic rings. The fourth-order valence-corrected chi connectivity index (χ4v) is 3.97. The van der Waals surface area contributed by atoms with Crippen LogP contribution in [-0.4, -0.2) is 21.4 Å². The molecule has 4 aromatic rings. The third-order valence-corrected chi connectivity index (χ3v) is 5.74. The molecule has 0 atom stereocenters. The first kappa shape index (κ1) is 19.8. The largest absolute Gasteiger partial charge is 0.347 e. The van der Waals surface area contributed by atoms with Crippen LogP contribution in [0.25, 0.3) is 11.0 Å². The van der Waals surface area contributed by atoms with Gasteiger partial charge in [-0.05, 0) is 48.2 Å². The number of rotatable bonds is 7. The topological polar surface area (TPSA) is 76.0 Å². The van der Waals surface area contributed by atoms with Gasteiger partial charge in [-0.2, -0.15) is 0 Å². The minimum absolute atomic E-state index is 0.0920. The van der Waals surface area contributed by atoms with Crippen molar-refractivity contribution in [3.63, 3.8) is 0 Å². The lowest BCUT2D eigenvalue weighted by Gasteiger charge is -2.09. The van der Waals surface area contributed by atoms with E-state index in [0.29, 0.717) is 23.5 Å². The number of para-hydroxylation sites is 2. The molecule has 30 heavy (non-hydrogen) atoms. The van der Waals surface area contributed by atoms with Crippen LogP contribution in [0.4, 0.5) is 0 Å². The predicted molar refractivity (Wildman–Crippen MR) is 119 cm³/mol. The van der Waals surface area contributed by atoms with Gasteiger partial charge in [0.05, 0.1) is 22.5 Å². The molecule has 0 saturated heterocycles. The number of carbonyl (C=O) groups excluding carboxylic acids is 2. The van der Waals surface area contributed by atoms with Crippen LogP contribution in [0.3, 0.4) is 0 Å². The van der Waals surface area contributed by atoms with E-state index < -0.39 is 0 Å². The molecule has 0 radical (unpaired) electrons. The van der Waals surface area contributed by atoms with Crippen molar-refractivity contribution in [1.29, 1.82) is 0 Å². The number of aromatic nitrogens is 2. The Morgan fingerprint density at radius 3 is 2.43 bits per heavy atom. The fourth-order valence-electron chi connectivity index (χ4n) is 3.33. The summed E-state index contributed by atoms with van der Waals surface area (Å²) in [5.74, 6) is 0.587. The molecular formula is C23H22N4O2S. The Morgan fingerprint density at radius 2 is 1.70 bits per heavy atom. The van der Waals surface area contributed by atoms with Crippen molar-refractivity contribution in [3.05, 3.63) is 87.9 Å². The van der Waals surface area contributed by atoms with E-state index in [1.54, 1.807) is 18.2 Å². The zero-order valence-corrected chi connectivity index (χ0v) is 17.4. The van der Waals surface area contributed by atoms with Crippen LogP contribution in [0, 0.1) is 0 Å². The van der Waals surface area contributed by atoms with Gasteiger partial charge in [0.25, 0.3) is 11.8 Å². The lowest BCUT2D eigenvalue weighted by atomic mass is 10.1. The average Bonchev–Trinajstić information content (AvgIpc) is 3.44. The monoisotopic (exact) mass is 418 g/mol. The van der Waals surface area contributed by atoms with Crippen molar-refractivity contribution in [3.8, 4) is 0 Å². The van der Waals surface area contributed by atoms with Crippen LogP contribution in [0.1, 0.15) is 38.3 Å². The Labute approximate surface area is 178 Å². The number of imidazole rings is 1. The maximum atomic E-state index is 12.5. The first-order chi connectivity index (χ1) is 14.7. The lowest BCUT2D eigenvalue weighted by Crippen LogP contribution is -2.25. The Morgan fingerprint density at radius 1 is 0.933 bits per heavy atom. The Balaban J connectivity index is 1.35. The molecule has 0 saturated carbocycles. The van der Waals surface area contributed by atoms with Crippen LogP contribution in [-0.2, 0) is 19.6 Å². The molecule has 0 aliphatic carbocycles. The molecule has 7 heteroatoms. The van der Waals surface area contributed by atoms with Crippen molar-refractivity contribution in [2.24, 2.45) is 0 Å². The van der Waals surface area contributed by atoms with Gasteiger partial charge in [0.2, 0.25) is 0 Å². The van der Waals surface area contributed by atoms with E-state index in [-0.39, 0.29) is 11.8 Å². The van der Waals surface area contributed by atoms with Gasteiger partial charge in [-0.25, -0.2) is 4.98 Å². The highest BCUT2D eigenvalue weighted by atomic mass is 32.1. The van der Waals surface area contributed by atoms with Crippen molar-refractivity contribution in [2.45, 2.75) is 26.6 Å². The normalized spacial score (nSPS) is 10.8. The minimum atomic E-state index is -0.154. The van der Waals surface area contributed by atoms with Crippen molar-refractivity contribution in [1.82, 2.24) is 20.2 Å². The molecule has 2 heterocycles. The number of aryl methyl sites for hydroxylation is 1. The molecule has 0 bridgehead atoms. The van der Waals surface area contributed by atoms with E-state index in [2.05, 4.69) is 27.1 Å². The number of nitrogens with zero attached hydrogens (tertiary/aromatic N) is 2. The third kappa shape index (κ3) is 4.26. The molecule has 0 aliphatic heterocycles. The van der Waals surface area contributed by atoms with Gasteiger partial charge < -0.3 is 15.2 Å². The van der Waals surface area contributed by atoms with Gasteiger partial charge in [0.1, 0.15) is 5.82 Å². The van der Waals surface area contributed by atoms with Crippen molar-refractivity contribution in [2.75, 3.05) is 0 Å². The number of carbonyl (C=O) groups is 2. The van der Waals surface area contributed by atoms with E-state index in [1.165, 1.54) is 11.3 Å². The van der Waals surface area contributed by atoms with E-state index in [0.717, 1.165) is 29.0 Å². The highest BCUT2D eigenvalue weighted by molar-refractivity contribution is 7.12. The molecule has 6 nitrogen and oxygen atoms in total. The number of thiophene rings is 1. The minimum Gasteiger partial charge on any atom is -0.347 e. The summed E-state index contributed by atoms with van der Waals surface area (Å²) in [6.07, 6.45) is 0. The van der Waals surface area contributed by atoms with Crippen LogP contribution >= 0.6 is 11.3 Å². The SMILES string of the molecule is CCn1c(CNC(=O)c2ccc(CNC(=O)c3cccs3)cc2)nc2ccccc21. The molecule has 2 aromatic heterocycles. The van der Waals surface area contributed by atoms with E-state index in [4.69, 9.17) is 0 Å². The van der Waals surface area contributed by atoms with Gasteiger partial charge in [-0.1, -0.05) is 30.3 Å². The summed E-state index contributed by atoms with van der Waals surface area (Å²) in [5.41, 5.74) is 3.50. The quantitative estimate of drug-likeness (QED) is 0.477. The second-order valence-corrected chi connectivity index (χ2v) is 7.75. The van der Waals surface area contributed by atoms with Crippen LogP contribution in [0.2, 0.25) is 0 Å². The van der Waals surface area contributed by atoms with Gasteiger partial charge >= 0.3 is 0 Å². The number of benzene rings is 2. The summed E-state index contributed by atoms with van der Waals surface area (Å²) in [5, 5.41) is 7.70. The summed E-state index contributed by atoms with van der Waals surface area (Å²) >= 11 is 1.41. The van der Waals surface area contributed by atoms with Crippen molar-refractivity contribution < 1.29 is 9.59 Å². The molecule has 2 N–H and O–H groups in total. The Kier molecular flexibility index (Phi) is 5.90. The first-order valence-corrected chi connectivity index (χ1v) is 10.7. The summed E-state index contributed by atoms with van der Waals surface area (Å²) in [6, 6.07) is 18.8. The lowest BCUT2D eigenvalue weighted by molar-refractivity contribution is 0.0942. The fraction of sp³-hybridized carbons (Fsp3) is 0.174. The van der Waals surface area contributed by atoms with Gasteiger partial charge in [-0.15, -0.1) is 11.3 Å². The highest BCUT2D eigenvalue weighted by Gasteiger charge is 2.12. The van der Waals surface area contributed by atoms with E-state index in [9.17, 15) is 9.59 Å². The maximum absolute atomic E-state index is 12.5. The molecule has 0 spiro atoms. The number of nitrogens with one attached hydrogen (secondary N) is 2. The number of hydrogen-bond acceptors (Lipinski definition) is 4. The Hall–Kier alpha value is -3.45. The second-order valence-electron chi connectivity index (χ2n) is 6.80. The molecule has 0 unspecified atom stereocenters. The van der Waals surface area contributed by atoms with Gasteiger partial charge in [0, 0.05) is 18.7 Å². The molecule has 4 rings (SSSR count). The average molecular weight is 419 g/mol. The molecule has 2 amide bonds. The summed E-state index contributed by atoms with van der Waals surface area (Å²) < 4.78 is 2.11. The summed E-state index contributed by atoms with van der Waals surface area (Å²) in [7, 11) is 0. The van der Waals surface area contributed by atoms with Crippen LogP contribution < -0.4 is 10.6 Å². The molecular weight excluding hydrogens is 396 g/mol. The summed E-state index contributed by atoms with van der Waals surface area (Å²) in [4.78, 5) is 29.9. The molecule has 152 valence electrons. The number of hydrogen-bond donors (Lipinski definition) is 2. The first-order valence-electron chi connectivity index (χ1n) is 9.78. The third-order valence-electron chi connectivity index (χ3n) is 4.87. The molecule has 0 fully saturated rings. The number of amides is 2. The smallest absolute Gasteiger partial charge is 0.261 e. The Bertz CT molecular complexity index is 1160. The molecule has 2 aromatic carbocycles. The zero-order chi connectivity index (χ0) is 20.9. The second kappa shape index (κ2) is 8.92. The van der Waals surface area contributed by atoms with Crippen molar-refractivity contribution >= 4 is 34.2 Å². The maximum Gasteiger partial charge on any atom is 0.261 e. The predicted octanol–water partition coefficient (Wildman–Crippen LogP) is 3.98. The van der Waals surface area contributed by atoms with E-state index >= 15 is 0 Å². The summed E-state index contributed by atoms with van der Waals surface area (Å²) in [6.45, 7) is 3.63. The van der Waals surface area contributed by atoms with Crippen LogP contribution in [0.15, 0.2) is 66.0 Å². The number of fused-ring (bicyclic) bond motifs is 1. The van der Waals surface area contributed by atoms with Gasteiger partial charge in [-0.3, -0.25) is 9.59 Å². The van der Waals surface area contributed by atoms with Gasteiger partial charge in [0.15, 0.2) is 0 Å². The highest BCUT2D eigenvalue weighted by Crippen LogP contribution is 2.16. The van der Waals surface area contributed by atoms with Crippen LogP contribution in [0.5, 0.6) is 0 Å². The zero-order valence-electron chi connectivity index (χ0n) is 16.6. The van der Waals surface area contributed by atoms with E-state index in [1.807, 2.05) is 47.8 Å².